The predicted octanol–water partition coefficient (Wildman–Crippen LogP) is 4.47. The summed E-state index contributed by atoms with van der Waals surface area (Å²) in [6.45, 7) is 6.62. The average molecular weight is 477 g/mol. The predicted molar refractivity (Wildman–Crippen MR) is 134 cm³/mol. The van der Waals surface area contributed by atoms with Crippen LogP contribution in [0.25, 0.3) is 0 Å². The lowest BCUT2D eigenvalue weighted by atomic mass is 9.80. The highest BCUT2D eigenvalue weighted by Gasteiger charge is 2.58. The highest BCUT2D eigenvalue weighted by molar-refractivity contribution is 5.92. The number of benzene rings is 2. The quantitative estimate of drug-likeness (QED) is 0.598. The Morgan fingerprint density at radius 2 is 1.51 bits per heavy atom. The van der Waals surface area contributed by atoms with Crippen molar-refractivity contribution in [2.24, 2.45) is 17.3 Å². The number of carbonyl (C=O) groups is 3. The summed E-state index contributed by atoms with van der Waals surface area (Å²) in [5, 5.41) is 3.10. The largest absolute Gasteiger partial charge is 0.469 e. The minimum absolute atomic E-state index is 0.134. The Morgan fingerprint density at radius 1 is 0.943 bits per heavy atom. The Labute approximate surface area is 208 Å². The van der Waals surface area contributed by atoms with Gasteiger partial charge in [-0.05, 0) is 35.3 Å². The van der Waals surface area contributed by atoms with Gasteiger partial charge in [0.1, 0.15) is 6.04 Å². The molecule has 2 aromatic rings. The molecular formula is C29H36N2O4. The summed E-state index contributed by atoms with van der Waals surface area (Å²) in [7, 11) is 1.37. The molecule has 1 saturated carbocycles. The number of nitrogens with zero attached hydrogens (tertiary/aromatic N) is 1. The lowest BCUT2D eigenvalue weighted by Gasteiger charge is -2.33. The SMILES string of the molecule is COC(=O)C1C(c2ccccc2)C(C(=O)NCC2CC2)N(C(=O)CC(C)(C)C)C1c1ccccc1. The molecule has 2 aliphatic rings. The number of methoxy groups -OCH3 is 1. The molecule has 0 spiro atoms. The van der Waals surface area contributed by atoms with Crippen molar-refractivity contribution in [1.29, 1.82) is 0 Å². The highest BCUT2D eigenvalue weighted by Crippen LogP contribution is 2.51. The van der Waals surface area contributed by atoms with Crippen molar-refractivity contribution in [2.75, 3.05) is 13.7 Å². The molecule has 2 aromatic carbocycles. The molecule has 1 saturated heterocycles. The van der Waals surface area contributed by atoms with Crippen molar-refractivity contribution in [3.8, 4) is 0 Å². The van der Waals surface area contributed by atoms with Gasteiger partial charge in [-0.3, -0.25) is 14.4 Å². The van der Waals surface area contributed by atoms with E-state index in [0.717, 1.165) is 24.0 Å². The maximum Gasteiger partial charge on any atom is 0.311 e. The second-order valence-corrected chi connectivity index (χ2v) is 11.0. The molecule has 0 aromatic heterocycles. The van der Waals surface area contributed by atoms with Crippen molar-refractivity contribution in [3.05, 3.63) is 71.8 Å². The average Bonchev–Trinajstić information content (AvgIpc) is 3.60. The summed E-state index contributed by atoms with van der Waals surface area (Å²) < 4.78 is 5.29. The second kappa shape index (κ2) is 10.2. The van der Waals surface area contributed by atoms with E-state index in [9.17, 15) is 14.4 Å². The first-order valence-electron chi connectivity index (χ1n) is 12.5. The van der Waals surface area contributed by atoms with E-state index in [2.05, 4.69) is 5.32 Å². The normalized spacial score (nSPS) is 24.2. The van der Waals surface area contributed by atoms with Crippen molar-refractivity contribution >= 4 is 17.8 Å². The lowest BCUT2D eigenvalue weighted by molar-refractivity contribution is -0.148. The smallest absolute Gasteiger partial charge is 0.311 e. The molecule has 35 heavy (non-hydrogen) atoms. The third kappa shape index (κ3) is 5.58. The zero-order valence-electron chi connectivity index (χ0n) is 21.1. The standard InChI is InChI=1S/C29H36N2O4/c1-29(2,3)17-22(32)31-25(21-13-9-6-10-14-21)24(28(34)35-4)23(20-11-7-5-8-12-20)26(31)27(33)30-18-19-15-16-19/h5-14,19,23-26H,15-18H2,1-4H3,(H,30,33). The van der Waals surface area contributed by atoms with Crippen LogP contribution in [0.2, 0.25) is 0 Å². The fourth-order valence-corrected chi connectivity index (χ4v) is 5.22. The van der Waals surface area contributed by atoms with E-state index in [0.29, 0.717) is 12.5 Å². The van der Waals surface area contributed by atoms with Crippen LogP contribution in [0.3, 0.4) is 0 Å². The molecule has 0 bridgehead atoms. The molecule has 2 fully saturated rings. The molecule has 2 amide bonds. The fraction of sp³-hybridized carbons (Fsp3) is 0.483. The molecule has 4 rings (SSSR count). The zero-order valence-corrected chi connectivity index (χ0v) is 21.1. The van der Waals surface area contributed by atoms with Crippen LogP contribution in [0.4, 0.5) is 0 Å². The molecule has 0 radical (unpaired) electrons. The highest BCUT2D eigenvalue weighted by atomic mass is 16.5. The Balaban J connectivity index is 1.87. The van der Waals surface area contributed by atoms with Gasteiger partial charge in [-0.2, -0.15) is 0 Å². The number of carbonyl (C=O) groups excluding carboxylic acids is 3. The maximum absolute atomic E-state index is 13.9. The van der Waals surface area contributed by atoms with Crippen LogP contribution in [-0.4, -0.2) is 42.4 Å². The molecule has 6 nitrogen and oxygen atoms in total. The van der Waals surface area contributed by atoms with Gasteiger partial charge in [0.2, 0.25) is 11.8 Å². The van der Waals surface area contributed by atoms with E-state index in [1.165, 1.54) is 7.11 Å². The van der Waals surface area contributed by atoms with Crippen molar-refractivity contribution in [2.45, 2.75) is 58.0 Å². The van der Waals surface area contributed by atoms with Crippen LogP contribution >= 0.6 is 0 Å². The van der Waals surface area contributed by atoms with Crippen molar-refractivity contribution in [1.82, 2.24) is 10.2 Å². The van der Waals surface area contributed by atoms with Crippen LogP contribution in [0, 0.1) is 17.3 Å². The maximum atomic E-state index is 13.9. The summed E-state index contributed by atoms with van der Waals surface area (Å²) in [4.78, 5) is 42.8. The molecule has 1 N–H and O–H groups in total. The van der Waals surface area contributed by atoms with Crippen LogP contribution in [0.15, 0.2) is 60.7 Å². The Bertz CT molecular complexity index is 1040. The summed E-state index contributed by atoms with van der Waals surface area (Å²) in [6.07, 6.45) is 2.48. The number of esters is 1. The van der Waals surface area contributed by atoms with Gasteiger partial charge < -0.3 is 15.0 Å². The molecule has 4 atom stereocenters. The zero-order chi connectivity index (χ0) is 25.2. The van der Waals surface area contributed by atoms with E-state index in [-0.39, 0.29) is 23.7 Å². The van der Waals surface area contributed by atoms with Gasteiger partial charge in [-0.15, -0.1) is 0 Å². The Kier molecular flexibility index (Phi) is 7.29. The molecule has 1 aliphatic heterocycles. The number of likely N-dealkylation sites (tertiary alicyclic amines) is 1. The summed E-state index contributed by atoms with van der Waals surface area (Å²) in [5.41, 5.74) is 1.39. The monoisotopic (exact) mass is 476 g/mol. The minimum atomic E-state index is -0.819. The number of ether oxygens (including phenoxy) is 1. The number of nitrogens with one attached hydrogen (secondary N) is 1. The molecule has 186 valence electrons. The molecule has 4 unspecified atom stereocenters. The second-order valence-electron chi connectivity index (χ2n) is 11.0. The van der Waals surface area contributed by atoms with E-state index in [4.69, 9.17) is 4.74 Å². The first-order valence-corrected chi connectivity index (χ1v) is 12.5. The van der Waals surface area contributed by atoms with Gasteiger partial charge in [0.15, 0.2) is 0 Å². The first-order chi connectivity index (χ1) is 16.7. The van der Waals surface area contributed by atoms with E-state index in [1.54, 1.807) is 4.90 Å². The number of hydrogen-bond donors (Lipinski definition) is 1. The Morgan fingerprint density at radius 3 is 2.03 bits per heavy atom. The van der Waals surface area contributed by atoms with Crippen LogP contribution in [0.5, 0.6) is 0 Å². The summed E-state index contributed by atoms with van der Waals surface area (Å²) >= 11 is 0. The minimum Gasteiger partial charge on any atom is -0.469 e. The molecule has 1 aliphatic carbocycles. The van der Waals surface area contributed by atoms with Gasteiger partial charge in [0, 0.05) is 18.9 Å². The summed E-state index contributed by atoms with van der Waals surface area (Å²) in [6, 6.07) is 17.7. The van der Waals surface area contributed by atoms with Gasteiger partial charge in [0.05, 0.1) is 19.1 Å². The number of rotatable bonds is 7. The summed E-state index contributed by atoms with van der Waals surface area (Å²) in [5.74, 6) is -1.51. The topological polar surface area (TPSA) is 75.7 Å². The first kappa shape index (κ1) is 25.0. The number of hydrogen-bond acceptors (Lipinski definition) is 4. The van der Waals surface area contributed by atoms with Crippen LogP contribution in [-0.2, 0) is 19.1 Å². The van der Waals surface area contributed by atoms with Crippen molar-refractivity contribution < 1.29 is 19.1 Å². The molecular weight excluding hydrogens is 440 g/mol. The fourth-order valence-electron chi connectivity index (χ4n) is 5.22. The molecule has 6 heteroatoms. The van der Waals surface area contributed by atoms with Crippen LogP contribution < -0.4 is 5.32 Å². The Hall–Kier alpha value is -3.15. The van der Waals surface area contributed by atoms with E-state index in [1.807, 2.05) is 81.4 Å². The molecule has 1 heterocycles. The van der Waals surface area contributed by atoms with E-state index < -0.39 is 29.9 Å². The van der Waals surface area contributed by atoms with E-state index >= 15 is 0 Å². The van der Waals surface area contributed by atoms with Crippen molar-refractivity contribution in [3.63, 3.8) is 0 Å². The van der Waals surface area contributed by atoms with Gasteiger partial charge >= 0.3 is 5.97 Å². The third-order valence-corrected chi connectivity index (χ3v) is 6.97. The van der Waals surface area contributed by atoms with Gasteiger partial charge in [0.25, 0.3) is 0 Å². The van der Waals surface area contributed by atoms with Gasteiger partial charge in [-0.25, -0.2) is 0 Å². The van der Waals surface area contributed by atoms with Crippen LogP contribution in [0.1, 0.15) is 63.1 Å². The number of amides is 2. The third-order valence-electron chi connectivity index (χ3n) is 6.97. The van der Waals surface area contributed by atoms with Gasteiger partial charge in [-0.1, -0.05) is 81.4 Å². The lowest BCUT2D eigenvalue weighted by Crippen LogP contribution is -2.49.